The normalized spacial score (nSPS) is 22.3. The summed E-state index contributed by atoms with van der Waals surface area (Å²) in [5.74, 6) is 0. The first-order valence-electron chi connectivity index (χ1n) is 6.74. The van der Waals surface area contributed by atoms with Gasteiger partial charge in [-0.2, -0.15) is 0 Å². The molecule has 0 saturated carbocycles. The largest absolute Gasteiger partial charge is 0.389 e. The quantitative estimate of drug-likeness (QED) is 0.841. The van der Waals surface area contributed by atoms with E-state index < -0.39 is 5.60 Å². The Morgan fingerprint density at radius 1 is 1.44 bits per heavy atom. The van der Waals surface area contributed by atoms with Gasteiger partial charge in [-0.25, -0.2) is 0 Å². The summed E-state index contributed by atoms with van der Waals surface area (Å²) in [5, 5.41) is 9.84. The predicted molar refractivity (Wildman–Crippen MR) is 72.4 cm³/mol. The molecule has 1 aliphatic rings. The van der Waals surface area contributed by atoms with Crippen molar-refractivity contribution in [2.45, 2.75) is 44.3 Å². The molecule has 0 radical (unpaired) electrons. The summed E-state index contributed by atoms with van der Waals surface area (Å²) in [6, 6.07) is 8.48. The molecule has 0 fully saturated rings. The first kappa shape index (κ1) is 13.5. The molecule has 3 heteroatoms. The van der Waals surface area contributed by atoms with Gasteiger partial charge < -0.3 is 15.6 Å². The minimum Gasteiger partial charge on any atom is -0.389 e. The second kappa shape index (κ2) is 5.83. The van der Waals surface area contributed by atoms with Crippen LogP contribution in [0.1, 0.15) is 43.4 Å². The average molecular weight is 249 g/mol. The van der Waals surface area contributed by atoms with Crippen LogP contribution in [-0.4, -0.2) is 23.9 Å². The summed E-state index contributed by atoms with van der Waals surface area (Å²) in [4.78, 5) is 0. The number of aryl methyl sites for hydroxylation is 1. The molecule has 0 bridgehead atoms. The number of hydrogen-bond acceptors (Lipinski definition) is 3. The molecule has 2 rings (SSSR count). The molecule has 1 aliphatic carbocycles. The van der Waals surface area contributed by atoms with Gasteiger partial charge in [-0.05, 0) is 37.3 Å². The van der Waals surface area contributed by atoms with E-state index in [-0.39, 0.29) is 12.6 Å². The average Bonchev–Trinajstić information content (AvgIpc) is 2.39. The van der Waals surface area contributed by atoms with Crippen LogP contribution in [0.4, 0.5) is 0 Å². The molecule has 0 aromatic heterocycles. The van der Waals surface area contributed by atoms with Crippen molar-refractivity contribution in [2.75, 3.05) is 13.2 Å². The second-order valence-corrected chi connectivity index (χ2v) is 5.40. The molecule has 3 nitrogen and oxygen atoms in total. The number of nitrogens with two attached hydrogens (primary N) is 1. The number of aliphatic hydroxyl groups is 1. The second-order valence-electron chi connectivity index (χ2n) is 5.40. The van der Waals surface area contributed by atoms with Crippen LogP contribution in [0.2, 0.25) is 0 Å². The lowest BCUT2D eigenvalue weighted by Gasteiger charge is -2.27. The van der Waals surface area contributed by atoms with Gasteiger partial charge in [0.05, 0.1) is 18.3 Å². The van der Waals surface area contributed by atoms with Crippen molar-refractivity contribution in [1.82, 2.24) is 0 Å². The lowest BCUT2D eigenvalue weighted by Crippen LogP contribution is -2.35. The Kier molecular flexibility index (Phi) is 4.38. The molecular formula is C15H23NO2. The van der Waals surface area contributed by atoms with E-state index >= 15 is 0 Å². The van der Waals surface area contributed by atoms with E-state index in [1.54, 1.807) is 6.92 Å². The highest BCUT2D eigenvalue weighted by Crippen LogP contribution is 2.32. The van der Waals surface area contributed by atoms with Crippen molar-refractivity contribution in [3.63, 3.8) is 0 Å². The fourth-order valence-electron chi connectivity index (χ4n) is 2.41. The molecule has 0 heterocycles. The van der Waals surface area contributed by atoms with Gasteiger partial charge >= 0.3 is 0 Å². The van der Waals surface area contributed by atoms with Crippen LogP contribution in [-0.2, 0) is 11.2 Å². The molecule has 3 N–H and O–H groups in total. The van der Waals surface area contributed by atoms with E-state index in [2.05, 4.69) is 24.3 Å². The highest BCUT2D eigenvalue weighted by atomic mass is 16.5. The molecule has 0 spiro atoms. The number of ether oxygens (including phenoxy) is 1. The van der Waals surface area contributed by atoms with Crippen molar-refractivity contribution in [2.24, 2.45) is 5.73 Å². The lowest BCUT2D eigenvalue weighted by molar-refractivity contribution is -0.0123. The molecule has 2 unspecified atom stereocenters. The minimum absolute atomic E-state index is 0.184. The van der Waals surface area contributed by atoms with Gasteiger partial charge in [0.25, 0.3) is 0 Å². The van der Waals surface area contributed by atoms with Crippen LogP contribution in [0.5, 0.6) is 0 Å². The zero-order valence-electron chi connectivity index (χ0n) is 11.1. The van der Waals surface area contributed by atoms with Gasteiger partial charge in [0.1, 0.15) is 0 Å². The molecule has 100 valence electrons. The maximum absolute atomic E-state index is 9.84. The first-order valence-corrected chi connectivity index (χ1v) is 6.74. The fourth-order valence-corrected chi connectivity index (χ4v) is 2.41. The van der Waals surface area contributed by atoms with Crippen LogP contribution in [0.3, 0.4) is 0 Å². The Hall–Kier alpha value is -0.900. The highest BCUT2D eigenvalue weighted by Gasteiger charge is 2.22. The molecule has 0 amide bonds. The van der Waals surface area contributed by atoms with E-state index in [1.807, 2.05) is 0 Å². The standard InChI is InChI=1S/C15H23NO2/c1-15(17,11-16)9-10-18-14-8-4-6-12-5-2-3-7-13(12)14/h2-3,5,7,14,17H,4,6,8-11,16H2,1H3. The molecule has 0 aliphatic heterocycles. The summed E-state index contributed by atoms with van der Waals surface area (Å²) >= 11 is 0. The summed E-state index contributed by atoms with van der Waals surface area (Å²) in [5.41, 5.74) is 7.40. The molecule has 0 saturated heterocycles. The zero-order chi connectivity index (χ0) is 13.0. The highest BCUT2D eigenvalue weighted by molar-refractivity contribution is 5.31. The summed E-state index contributed by atoms with van der Waals surface area (Å²) in [7, 11) is 0. The van der Waals surface area contributed by atoms with Gasteiger partial charge in [-0.15, -0.1) is 0 Å². The third-order valence-corrected chi connectivity index (χ3v) is 3.71. The molecule has 2 atom stereocenters. The summed E-state index contributed by atoms with van der Waals surface area (Å²) in [6.45, 7) is 2.59. The van der Waals surface area contributed by atoms with E-state index in [0.29, 0.717) is 13.0 Å². The van der Waals surface area contributed by atoms with Crippen molar-refractivity contribution in [1.29, 1.82) is 0 Å². The van der Waals surface area contributed by atoms with Crippen molar-refractivity contribution >= 4 is 0 Å². The third-order valence-electron chi connectivity index (χ3n) is 3.71. The summed E-state index contributed by atoms with van der Waals surface area (Å²) in [6.07, 6.45) is 4.17. The van der Waals surface area contributed by atoms with E-state index in [0.717, 1.165) is 12.8 Å². The van der Waals surface area contributed by atoms with Crippen LogP contribution in [0.15, 0.2) is 24.3 Å². The molecule has 18 heavy (non-hydrogen) atoms. The van der Waals surface area contributed by atoms with Gasteiger partial charge in [0.15, 0.2) is 0 Å². The Morgan fingerprint density at radius 2 is 2.22 bits per heavy atom. The fraction of sp³-hybridized carbons (Fsp3) is 0.600. The van der Waals surface area contributed by atoms with E-state index in [1.165, 1.54) is 17.5 Å². The molecular weight excluding hydrogens is 226 g/mol. The van der Waals surface area contributed by atoms with Gasteiger partial charge in [0.2, 0.25) is 0 Å². The maximum atomic E-state index is 9.84. The number of benzene rings is 1. The van der Waals surface area contributed by atoms with Gasteiger partial charge in [0, 0.05) is 13.0 Å². The topological polar surface area (TPSA) is 55.5 Å². The van der Waals surface area contributed by atoms with Crippen LogP contribution in [0.25, 0.3) is 0 Å². The van der Waals surface area contributed by atoms with E-state index in [9.17, 15) is 5.11 Å². The van der Waals surface area contributed by atoms with Crippen molar-refractivity contribution in [3.05, 3.63) is 35.4 Å². The Bertz CT molecular complexity index is 390. The number of fused-ring (bicyclic) bond motifs is 1. The zero-order valence-corrected chi connectivity index (χ0v) is 11.1. The van der Waals surface area contributed by atoms with Gasteiger partial charge in [-0.1, -0.05) is 24.3 Å². The number of hydrogen-bond donors (Lipinski definition) is 2. The minimum atomic E-state index is -0.811. The first-order chi connectivity index (χ1) is 8.62. The Morgan fingerprint density at radius 3 is 3.00 bits per heavy atom. The monoisotopic (exact) mass is 249 g/mol. The Balaban J connectivity index is 1.92. The van der Waals surface area contributed by atoms with E-state index in [4.69, 9.17) is 10.5 Å². The number of rotatable bonds is 5. The van der Waals surface area contributed by atoms with Crippen LogP contribution >= 0.6 is 0 Å². The lowest BCUT2D eigenvalue weighted by atomic mass is 9.89. The van der Waals surface area contributed by atoms with Crippen LogP contribution in [0, 0.1) is 0 Å². The van der Waals surface area contributed by atoms with Crippen molar-refractivity contribution < 1.29 is 9.84 Å². The third kappa shape index (κ3) is 3.31. The molecule has 1 aromatic carbocycles. The smallest absolute Gasteiger partial charge is 0.0827 e. The van der Waals surface area contributed by atoms with Crippen molar-refractivity contribution in [3.8, 4) is 0 Å². The predicted octanol–water partition coefficient (Wildman–Crippen LogP) is 2.18. The Labute approximate surface area is 109 Å². The van der Waals surface area contributed by atoms with Gasteiger partial charge in [-0.3, -0.25) is 0 Å². The van der Waals surface area contributed by atoms with Crippen LogP contribution < -0.4 is 5.73 Å². The SMILES string of the molecule is CC(O)(CN)CCOC1CCCc2ccccc21. The molecule has 1 aromatic rings. The summed E-state index contributed by atoms with van der Waals surface area (Å²) < 4.78 is 5.93. The maximum Gasteiger partial charge on any atom is 0.0827 e.